The second-order valence-corrected chi connectivity index (χ2v) is 6.50. The van der Waals surface area contributed by atoms with Gasteiger partial charge in [0.1, 0.15) is 5.69 Å². The number of aryl methyl sites for hydroxylation is 2. The predicted molar refractivity (Wildman–Crippen MR) is 98.0 cm³/mol. The van der Waals surface area contributed by atoms with E-state index in [0.29, 0.717) is 40.9 Å². The number of carbonyl (C=O) groups excluding carboxylic acids is 1. The standard InChI is InChI=1S/C19H20F3N5O/c1-3-23-18(28)17-14-11-27(26-16(14)5-7-24-17)10-13-8-12(2)15(25-9-13)4-6-19(20,21)22/h5,7-9,11H,3-4,6,10H2,1-2H3,(H,23,28). The number of aromatic nitrogens is 4. The first kappa shape index (κ1) is 19.8. The molecular weight excluding hydrogens is 371 g/mol. The zero-order valence-electron chi connectivity index (χ0n) is 15.5. The molecule has 1 N–H and O–H groups in total. The lowest BCUT2D eigenvalue weighted by Gasteiger charge is -2.09. The number of rotatable bonds is 6. The van der Waals surface area contributed by atoms with Gasteiger partial charge in [-0.05, 0) is 37.5 Å². The smallest absolute Gasteiger partial charge is 0.351 e. The molecule has 0 spiro atoms. The summed E-state index contributed by atoms with van der Waals surface area (Å²) >= 11 is 0. The van der Waals surface area contributed by atoms with Crippen LogP contribution in [0, 0.1) is 6.92 Å². The predicted octanol–water partition coefficient (Wildman–Crippen LogP) is 3.43. The summed E-state index contributed by atoms with van der Waals surface area (Å²) in [6.07, 6.45) is -0.389. The van der Waals surface area contributed by atoms with Crippen LogP contribution < -0.4 is 5.32 Å². The molecule has 28 heavy (non-hydrogen) atoms. The highest BCUT2D eigenvalue weighted by Crippen LogP contribution is 2.23. The molecule has 0 aliphatic rings. The van der Waals surface area contributed by atoms with Gasteiger partial charge in [0.2, 0.25) is 0 Å². The Morgan fingerprint density at radius 3 is 2.75 bits per heavy atom. The molecule has 3 rings (SSSR count). The highest BCUT2D eigenvalue weighted by molar-refractivity contribution is 6.04. The van der Waals surface area contributed by atoms with E-state index in [1.807, 2.05) is 13.0 Å². The molecule has 0 unspecified atom stereocenters. The van der Waals surface area contributed by atoms with Crippen molar-refractivity contribution in [1.82, 2.24) is 25.1 Å². The molecule has 0 saturated heterocycles. The minimum absolute atomic E-state index is 0.136. The minimum atomic E-state index is -4.20. The molecule has 148 valence electrons. The van der Waals surface area contributed by atoms with Crippen molar-refractivity contribution in [1.29, 1.82) is 0 Å². The zero-order chi connectivity index (χ0) is 20.3. The van der Waals surface area contributed by atoms with Crippen molar-refractivity contribution in [2.24, 2.45) is 0 Å². The van der Waals surface area contributed by atoms with Gasteiger partial charge >= 0.3 is 6.18 Å². The molecule has 0 aromatic carbocycles. The Labute approximate surface area is 159 Å². The second kappa shape index (κ2) is 7.95. The molecule has 0 fully saturated rings. The first-order valence-electron chi connectivity index (χ1n) is 8.88. The van der Waals surface area contributed by atoms with Gasteiger partial charge in [-0.25, -0.2) is 0 Å². The third-order valence-corrected chi connectivity index (χ3v) is 4.27. The number of pyridine rings is 2. The Bertz CT molecular complexity index is 997. The highest BCUT2D eigenvalue weighted by Gasteiger charge is 2.27. The number of amides is 1. The lowest BCUT2D eigenvalue weighted by atomic mass is 10.1. The first-order chi connectivity index (χ1) is 13.3. The van der Waals surface area contributed by atoms with Crippen molar-refractivity contribution in [3.8, 4) is 0 Å². The average Bonchev–Trinajstić information content (AvgIpc) is 3.02. The summed E-state index contributed by atoms with van der Waals surface area (Å²) < 4.78 is 38.9. The zero-order valence-corrected chi connectivity index (χ0v) is 15.5. The second-order valence-electron chi connectivity index (χ2n) is 6.50. The van der Waals surface area contributed by atoms with Crippen LogP contribution in [0.1, 0.15) is 40.7 Å². The van der Waals surface area contributed by atoms with Gasteiger partial charge in [-0.2, -0.15) is 18.3 Å². The molecule has 0 saturated carbocycles. The third-order valence-electron chi connectivity index (χ3n) is 4.27. The Kier molecular flexibility index (Phi) is 5.62. The molecule has 3 heterocycles. The SMILES string of the molecule is CCNC(=O)c1nccc2nn(Cc3cnc(CCC(F)(F)F)c(C)c3)cc12. The van der Waals surface area contributed by atoms with Gasteiger partial charge in [-0.3, -0.25) is 19.4 Å². The first-order valence-corrected chi connectivity index (χ1v) is 8.88. The van der Waals surface area contributed by atoms with Crippen molar-refractivity contribution in [3.63, 3.8) is 0 Å². The van der Waals surface area contributed by atoms with Crippen molar-refractivity contribution in [3.05, 3.63) is 53.2 Å². The Balaban J connectivity index is 1.80. The van der Waals surface area contributed by atoms with Crippen LogP contribution >= 0.6 is 0 Å². The van der Waals surface area contributed by atoms with E-state index < -0.39 is 12.6 Å². The Morgan fingerprint density at radius 2 is 2.07 bits per heavy atom. The van der Waals surface area contributed by atoms with E-state index in [1.165, 1.54) is 6.20 Å². The summed E-state index contributed by atoms with van der Waals surface area (Å²) in [5, 5.41) is 7.81. The monoisotopic (exact) mass is 391 g/mol. The number of nitrogens with zero attached hydrogens (tertiary/aromatic N) is 4. The Morgan fingerprint density at radius 1 is 1.29 bits per heavy atom. The molecule has 6 nitrogen and oxygen atoms in total. The molecular formula is C19H20F3N5O. The quantitative estimate of drug-likeness (QED) is 0.699. The van der Waals surface area contributed by atoms with E-state index in [1.54, 1.807) is 30.1 Å². The molecule has 9 heteroatoms. The summed E-state index contributed by atoms with van der Waals surface area (Å²) in [5.74, 6) is -0.265. The van der Waals surface area contributed by atoms with Crippen LogP contribution in [0.3, 0.4) is 0 Å². The van der Waals surface area contributed by atoms with Crippen LogP contribution in [0.15, 0.2) is 30.7 Å². The lowest BCUT2D eigenvalue weighted by Crippen LogP contribution is -2.23. The van der Waals surface area contributed by atoms with Gasteiger partial charge in [-0.15, -0.1) is 0 Å². The normalized spacial score (nSPS) is 11.8. The maximum atomic E-state index is 12.4. The third kappa shape index (κ3) is 4.65. The fraction of sp³-hybridized carbons (Fsp3) is 0.368. The van der Waals surface area contributed by atoms with Gasteiger partial charge in [0, 0.05) is 37.3 Å². The summed E-state index contributed by atoms with van der Waals surface area (Å²) in [4.78, 5) is 20.5. The van der Waals surface area contributed by atoms with E-state index >= 15 is 0 Å². The fourth-order valence-electron chi connectivity index (χ4n) is 2.96. The lowest BCUT2D eigenvalue weighted by molar-refractivity contribution is -0.134. The molecule has 0 bridgehead atoms. The average molecular weight is 391 g/mol. The largest absolute Gasteiger partial charge is 0.389 e. The molecule has 0 aliphatic carbocycles. The maximum absolute atomic E-state index is 12.4. The van der Waals surface area contributed by atoms with Crippen LogP contribution in [-0.2, 0) is 13.0 Å². The number of halogens is 3. The summed E-state index contributed by atoms with van der Waals surface area (Å²) in [6, 6.07) is 3.53. The van der Waals surface area contributed by atoms with Crippen LogP contribution in [0.4, 0.5) is 13.2 Å². The summed E-state index contributed by atoms with van der Waals surface area (Å²) in [6.45, 7) is 4.46. The van der Waals surface area contributed by atoms with Gasteiger partial charge in [0.25, 0.3) is 5.91 Å². The van der Waals surface area contributed by atoms with E-state index in [-0.39, 0.29) is 12.3 Å². The van der Waals surface area contributed by atoms with E-state index in [2.05, 4.69) is 20.4 Å². The van der Waals surface area contributed by atoms with Crippen molar-refractivity contribution >= 4 is 16.8 Å². The maximum Gasteiger partial charge on any atom is 0.389 e. The minimum Gasteiger partial charge on any atom is -0.351 e. The van der Waals surface area contributed by atoms with Crippen molar-refractivity contribution in [2.45, 2.75) is 39.4 Å². The van der Waals surface area contributed by atoms with E-state index in [0.717, 1.165) is 5.56 Å². The number of alkyl halides is 3. The van der Waals surface area contributed by atoms with Crippen LogP contribution in [0.5, 0.6) is 0 Å². The van der Waals surface area contributed by atoms with Crippen molar-refractivity contribution < 1.29 is 18.0 Å². The fourth-order valence-corrected chi connectivity index (χ4v) is 2.96. The van der Waals surface area contributed by atoms with Crippen molar-refractivity contribution in [2.75, 3.05) is 6.54 Å². The van der Waals surface area contributed by atoms with Gasteiger partial charge in [-0.1, -0.05) is 6.07 Å². The van der Waals surface area contributed by atoms with Crippen LogP contribution in [-0.4, -0.2) is 38.4 Å². The molecule has 0 aliphatic heterocycles. The van der Waals surface area contributed by atoms with E-state index in [4.69, 9.17) is 0 Å². The number of hydrogen-bond donors (Lipinski definition) is 1. The number of hydrogen-bond acceptors (Lipinski definition) is 4. The molecule has 1 amide bonds. The molecule has 3 aromatic heterocycles. The summed E-state index contributed by atoms with van der Waals surface area (Å²) in [5.41, 5.74) is 2.91. The number of fused-ring (bicyclic) bond motifs is 1. The molecule has 0 atom stereocenters. The van der Waals surface area contributed by atoms with Crippen LogP contribution in [0.2, 0.25) is 0 Å². The molecule has 0 radical (unpaired) electrons. The van der Waals surface area contributed by atoms with Crippen LogP contribution in [0.25, 0.3) is 10.9 Å². The van der Waals surface area contributed by atoms with Gasteiger partial charge in [0.05, 0.1) is 17.4 Å². The molecule has 3 aromatic rings. The Hall–Kier alpha value is -2.97. The summed E-state index contributed by atoms with van der Waals surface area (Å²) in [7, 11) is 0. The van der Waals surface area contributed by atoms with Gasteiger partial charge < -0.3 is 5.32 Å². The van der Waals surface area contributed by atoms with E-state index in [9.17, 15) is 18.0 Å². The van der Waals surface area contributed by atoms with Gasteiger partial charge in [0.15, 0.2) is 0 Å². The number of carbonyl (C=O) groups is 1. The topological polar surface area (TPSA) is 72.7 Å². The highest BCUT2D eigenvalue weighted by atomic mass is 19.4. The number of nitrogens with one attached hydrogen (secondary N) is 1.